The van der Waals surface area contributed by atoms with Crippen molar-refractivity contribution in [1.29, 1.82) is 0 Å². The van der Waals surface area contributed by atoms with Crippen LogP contribution in [0.1, 0.15) is 38.9 Å². The van der Waals surface area contributed by atoms with E-state index in [1.54, 1.807) is 11.3 Å². The Labute approximate surface area is 146 Å². The molecule has 0 spiro atoms. The summed E-state index contributed by atoms with van der Waals surface area (Å²) in [5.41, 5.74) is 0. The fourth-order valence-electron chi connectivity index (χ4n) is 1.92. The number of hydrogen-bond donors (Lipinski definition) is 0. The minimum atomic E-state index is 0.741. The Morgan fingerprint density at radius 2 is 0.739 bits per heavy atom. The van der Waals surface area contributed by atoms with E-state index in [1.807, 2.05) is 36.4 Å². The summed E-state index contributed by atoms with van der Waals surface area (Å²) in [7, 11) is 0. The Balaban J connectivity index is 1.67. The molecular formula is C18H12O2S3. The van der Waals surface area contributed by atoms with Crippen LogP contribution >= 0.6 is 34.0 Å². The maximum absolute atomic E-state index is 10.7. The van der Waals surface area contributed by atoms with Gasteiger partial charge in [-0.25, -0.2) is 0 Å². The van der Waals surface area contributed by atoms with Crippen molar-refractivity contribution in [3.8, 4) is 0 Å². The van der Waals surface area contributed by atoms with Gasteiger partial charge in [0.05, 0.1) is 9.75 Å². The van der Waals surface area contributed by atoms with Gasteiger partial charge in [-0.1, -0.05) is 0 Å². The molecule has 114 valence electrons. The van der Waals surface area contributed by atoms with Crippen LogP contribution in [0.2, 0.25) is 0 Å². The second kappa shape index (κ2) is 7.46. The summed E-state index contributed by atoms with van der Waals surface area (Å²) in [6, 6.07) is 11.7. The largest absolute Gasteiger partial charge is 0.297 e. The van der Waals surface area contributed by atoms with Crippen LogP contribution in [0.25, 0.3) is 24.3 Å². The Hall–Kier alpha value is -2.08. The van der Waals surface area contributed by atoms with E-state index in [-0.39, 0.29) is 0 Å². The van der Waals surface area contributed by atoms with Gasteiger partial charge in [0, 0.05) is 19.5 Å². The second-order valence-electron chi connectivity index (χ2n) is 4.62. The SMILES string of the molecule is O=Cc1ccc(/C=C/c2ccc(/C=C/c3ccc(C=O)s3)s2)s1. The van der Waals surface area contributed by atoms with Crippen molar-refractivity contribution in [3.63, 3.8) is 0 Å². The topological polar surface area (TPSA) is 34.1 Å². The van der Waals surface area contributed by atoms with E-state index in [2.05, 4.69) is 24.3 Å². The molecular weight excluding hydrogens is 344 g/mol. The number of thiophene rings is 3. The van der Waals surface area contributed by atoms with E-state index in [1.165, 1.54) is 22.7 Å². The molecule has 3 aromatic heterocycles. The third-order valence-electron chi connectivity index (χ3n) is 3.00. The number of hydrogen-bond acceptors (Lipinski definition) is 5. The quantitative estimate of drug-likeness (QED) is 0.520. The highest BCUT2D eigenvalue weighted by Gasteiger charge is 1.98. The summed E-state index contributed by atoms with van der Waals surface area (Å²) < 4.78 is 0. The van der Waals surface area contributed by atoms with Gasteiger partial charge in [0.1, 0.15) is 0 Å². The van der Waals surface area contributed by atoms with Crippen molar-refractivity contribution in [2.45, 2.75) is 0 Å². The Morgan fingerprint density at radius 1 is 0.478 bits per heavy atom. The van der Waals surface area contributed by atoms with Crippen molar-refractivity contribution >= 4 is 70.9 Å². The molecule has 0 radical (unpaired) electrons. The Kier molecular flexibility index (Phi) is 5.12. The third kappa shape index (κ3) is 4.22. The van der Waals surface area contributed by atoms with Crippen LogP contribution in [0.15, 0.2) is 36.4 Å². The van der Waals surface area contributed by atoms with Crippen molar-refractivity contribution in [1.82, 2.24) is 0 Å². The zero-order valence-electron chi connectivity index (χ0n) is 12.0. The fraction of sp³-hybridized carbons (Fsp3) is 0. The minimum Gasteiger partial charge on any atom is -0.297 e. The molecule has 0 fully saturated rings. The normalized spacial score (nSPS) is 11.5. The van der Waals surface area contributed by atoms with Crippen LogP contribution in [-0.4, -0.2) is 12.6 Å². The van der Waals surface area contributed by atoms with Gasteiger partial charge < -0.3 is 0 Å². The predicted octanol–water partition coefficient (Wildman–Crippen LogP) is 5.84. The molecule has 3 aromatic rings. The molecule has 23 heavy (non-hydrogen) atoms. The summed E-state index contributed by atoms with van der Waals surface area (Å²) in [6.07, 6.45) is 9.89. The molecule has 2 nitrogen and oxygen atoms in total. The highest BCUT2D eigenvalue weighted by atomic mass is 32.1. The van der Waals surface area contributed by atoms with Gasteiger partial charge in [0.2, 0.25) is 0 Å². The molecule has 0 saturated carbocycles. The van der Waals surface area contributed by atoms with Crippen LogP contribution in [0, 0.1) is 0 Å². The predicted molar refractivity (Wildman–Crippen MR) is 102 cm³/mol. The lowest BCUT2D eigenvalue weighted by Crippen LogP contribution is -1.62. The van der Waals surface area contributed by atoms with Gasteiger partial charge in [0.15, 0.2) is 12.6 Å². The first-order valence-corrected chi connectivity index (χ1v) is 9.28. The van der Waals surface area contributed by atoms with Gasteiger partial charge in [0.25, 0.3) is 0 Å². The number of rotatable bonds is 6. The van der Waals surface area contributed by atoms with E-state index in [0.717, 1.165) is 41.8 Å². The van der Waals surface area contributed by atoms with Crippen molar-refractivity contribution in [2.75, 3.05) is 0 Å². The maximum Gasteiger partial charge on any atom is 0.160 e. The first-order chi connectivity index (χ1) is 11.3. The van der Waals surface area contributed by atoms with Crippen molar-refractivity contribution < 1.29 is 9.59 Å². The Bertz CT molecular complexity index is 807. The zero-order chi connectivity index (χ0) is 16.1. The van der Waals surface area contributed by atoms with Crippen LogP contribution in [0.3, 0.4) is 0 Å². The fourth-order valence-corrected chi connectivity index (χ4v) is 4.19. The van der Waals surface area contributed by atoms with Gasteiger partial charge in [-0.05, 0) is 60.7 Å². The van der Waals surface area contributed by atoms with Gasteiger partial charge >= 0.3 is 0 Å². The van der Waals surface area contributed by atoms with E-state index in [9.17, 15) is 9.59 Å². The van der Waals surface area contributed by atoms with E-state index in [4.69, 9.17) is 0 Å². The molecule has 0 N–H and O–H groups in total. The highest BCUT2D eigenvalue weighted by Crippen LogP contribution is 2.24. The van der Waals surface area contributed by atoms with Crippen LogP contribution < -0.4 is 0 Å². The maximum atomic E-state index is 10.7. The average Bonchev–Trinajstić information content (AvgIpc) is 3.30. The van der Waals surface area contributed by atoms with Crippen molar-refractivity contribution in [2.24, 2.45) is 0 Å². The average molecular weight is 356 g/mol. The molecule has 0 unspecified atom stereocenters. The van der Waals surface area contributed by atoms with Crippen molar-refractivity contribution in [3.05, 3.63) is 65.7 Å². The standard InChI is InChI=1S/C18H12O2S3/c19-11-17-9-7-15(22-17)5-3-13-1-2-14(21-13)4-6-16-8-10-18(12-20)23-16/h1-12H/b5-3+,6-4+. The molecule has 0 saturated heterocycles. The molecule has 0 aliphatic carbocycles. The molecule has 3 rings (SSSR count). The van der Waals surface area contributed by atoms with Gasteiger partial charge in [-0.15, -0.1) is 34.0 Å². The van der Waals surface area contributed by atoms with Gasteiger partial charge in [-0.2, -0.15) is 0 Å². The van der Waals surface area contributed by atoms with Crippen LogP contribution in [-0.2, 0) is 0 Å². The monoisotopic (exact) mass is 356 g/mol. The summed E-state index contributed by atoms with van der Waals surface area (Å²) in [5.74, 6) is 0. The smallest absolute Gasteiger partial charge is 0.160 e. The molecule has 0 aliphatic heterocycles. The summed E-state index contributed by atoms with van der Waals surface area (Å²) in [5, 5.41) is 0. The summed E-state index contributed by atoms with van der Waals surface area (Å²) in [6.45, 7) is 0. The lowest BCUT2D eigenvalue weighted by molar-refractivity contribution is 0.111. The zero-order valence-corrected chi connectivity index (χ0v) is 14.4. The summed E-state index contributed by atoms with van der Waals surface area (Å²) >= 11 is 4.65. The molecule has 3 heterocycles. The van der Waals surface area contributed by atoms with E-state index in [0.29, 0.717) is 0 Å². The number of aldehydes is 2. The molecule has 0 bridgehead atoms. The molecule has 0 amide bonds. The molecule has 0 atom stereocenters. The third-order valence-corrected chi connectivity index (χ3v) is 5.97. The van der Waals surface area contributed by atoms with Crippen LogP contribution in [0.5, 0.6) is 0 Å². The Morgan fingerprint density at radius 3 is 1.00 bits per heavy atom. The first-order valence-electron chi connectivity index (χ1n) is 6.83. The van der Waals surface area contributed by atoms with E-state index < -0.39 is 0 Å². The van der Waals surface area contributed by atoms with Crippen LogP contribution in [0.4, 0.5) is 0 Å². The number of carbonyl (C=O) groups excluding carboxylic acids is 2. The lowest BCUT2D eigenvalue weighted by atomic mass is 10.3. The lowest BCUT2D eigenvalue weighted by Gasteiger charge is -1.85. The number of carbonyl (C=O) groups is 2. The molecule has 5 heteroatoms. The molecule has 0 aromatic carbocycles. The minimum absolute atomic E-state index is 0.741. The second-order valence-corrected chi connectivity index (χ2v) is 8.06. The summed E-state index contributed by atoms with van der Waals surface area (Å²) in [4.78, 5) is 27.3. The first kappa shape index (κ1) is 15.8. The molecule has 0 aliphatic rings. The highest BCUT2D eigenvalue weighted by molar-refractivity contribution is 7.15. The van der Waals surface area contributed by atoms with Gasteiger partial charge in [-0.3, -0.25) is 9.59 Å². The van der Waals surface area contributed by atoms with E-state index >= 15 is 0 Å².